The van der Waals surface area contributed by atoms with Crippen LogP contribution in [-0.2, 0) is 4.79 Å². The van der Waals surface area contributed by atoms with E-state index in [1.54, 1.807) is 24.3 Å². The fourth-order valence-corrected chi connectivity index (χ4v) is 0.428. The van der Waals surface area contributed by atoms with E-state index in [-0.39, 0.29) is 18.9 Å². The van der Waals surface area contributed by atoms with Gasteiger partial charge in [0.1, 0.15) is 5.75 Å². The molecule has 1 N–H and O–H groups in total. The minimum Gasteiger partial charge on any atom is -0.550 e. The van der Waals surface area contributed by atoms with E-state index in [1.165, 1.54) is 0 Å². The molecular weight excluding hydrogens is 151 g/mol. The third-order valence-corrected chi connectivity index (χ3v) is 0.756. The van der Waals surface area contributed by atoms with E-state index in [9.17, 15) is 0 Å². The molecule has 1 aromatic carbocycles. The van der Waals surface area contributed by atoms with Crippen molar-refractivity contribution in [1.82, 2.24) is 0 Å². The summed E-state index contributed by atoms with van der Waals surface area (Å²) in [7, 11) is 0. The fraction of sp³-hybridized carbons (Fsp3) is 0.125. The van der Waals surface area contributed by atoms with Crippen molar-refractivity contribution >= 4 is 5.97 Å². The maximum absolute atomic E-state index is 8.89. The molecular formula is C8H9LiO3. The molecule has 0 saturated carbocycles. The van der Waals surface area contributed by atoms with Crippen LogP contribution in [0.3, 0.4) is 0 Å². The Kier molecular flexibility index (Phi) is 9.32. The third-order valence-electron chi connectivity index (χ3n) is 0.756. The largest absolute Gasteiger partial charge is 1.00 e. The van der Waals surface area contributed by atoms with Crippen LogP contribution in [0.1, 0.15) is 6.92 Å². The van der Waals surface area contributed by atoms with Gasteiger partial charge in [0, 0.05) is 5.97 Å². The zero-order chi connectivity index (χ0) is 8.69. The van der Waals surface area contributed by atoms with Crippen LogP contribution < -0.4 is 24.0 Å². The molecule has 0 aliphatic carbocycles. The normalized spacial score (nSPS) is 7.08. The Morgan fingerprint density at radius 3 is 1.83 bits per heavy atom. The monoisotopic (exact) mass is 160 g/mol. The number of aliphatic carboxylic acids is 1. The van der Waals surface area contributed by atoms with E-state index in [0.29, 0.717) is 5.75 Å². The topological polar surface area (TPSA) is 60.4 Å². The number of para-hydroxylation sites is 1. The molecule has 0 aromatic heterocycles. The predicted molar refractivity (Wildman–Crippen MR) is 38.8 cm³/mol. The van der Waals surface area contributed by atoms with E-state index >= 15 is 0 Å². The van der Waals surface area contributed by atoms with Gasteiger partial charge in [0.05, 0.1) is 0 Å². The Labute approximate surface area is 83.2 Å². The zero-order valence-corrected chi connectivity index (χ0v) is 7.15. The minimum absolute atomic E-state index is 0. The second-order valence-corrected chi connectivity index (χ2v) is 1.83. The SMILES string of the molecule is CC(=O)[O-].Oc1ccccc1.[Li+]. The van der Waals surface area contributed by atoms with Gasteiger partial charge in [0.25, 0.3) is 0 Å². The molecule has 0 atom stereocenters. The summed E-state index contributed by atoms with van der Waals surface area (Å²) in [6.07, 6.45) is 0. The van der Waals surface area contributed by atoms with Gasteiger partial charge in [-0.25, -0.2) is 0 Å². The number of carboxylic acid groups (broad SMARTS) is 1. The number of phenols is 1. The van der Waals surface area contributed by atoms with Crippen LogP contribution in [0.4, 0.5) is 0 Å². The molecule has 0 radical (unpaired) electrons. The Bertz CT molecular complexity index is 207. The summed E-state index contributed by atoms with van der Waals surface area (Å²) >= 11 is 0. The van der Waals surface area contributed by atoms with Crippen molar-refractivity contribution in [1.29, 1.82) is 0 Å². The minimum atomic E-state index is -1.08. The van der Waals surface area contributed by atoms with Crippen molar-refractivity contribution in [2.75, 3.05) is 0 Å². The molecule has 0 bridgehead atoms. The smallest absolute Gasteiger partial charge is 0.550 e. The first-order chi connectivity index (χ1) is 5.13. The number of carboxylic acids is 1. The fourth-order valence-electron chi connectivity index (χ4n) is 0.428. The van der Waals surface area contributed by atoms with Gasteiger partial charge in [-0.2, -0.15) is 0 Å². The molecule has 0 aliphatic rings. The molecule has 0 unspecified atom stereocenters. The van der Waals surface area contributed by atoms with Crippen molar-refractivity contribution in [3.8, 4) is 5.75 Å². The average Bonchev–Trinajstić information content (AvgIpc) is 1.87. The number of carbonyl (C=O) groups is 1. The second-order valence-electron chi connectivity index (χ2n) is 1.83. The average molecular weight is 160 g/mol. The summed E-state index contributed by atoms with van der Waals surface area (Å²) in [4.78, 5) is 8.89. The number of hydrogen-bond acceptors (Lipinski definition) is 3. The van der Waals surface area contributed by atoms with Gasteiger partial charge in [-0.3, -0.25) is 0 Å². The summed E-state index contributed by atoms with van der Waals surface area (Å²) in [6.45, 7) is 0.972. The quantitative estimate of drug-likeness (QED) is 0.416. The van der Waals surface area contributed by atoms with Crippen LogP contribution in [0.5, 0.6) is 5.75 Å². The number of benzene rings is 1. The summed E-state index contributed by atoms with van der Waals surface area (Å²) in [5, 5.41) is 17.5. The Hall–Kier alpha value is -0.913. The first-order valence-electron chi connectivity index (χ1n) is 3.04. The van der Waals surface area contributed by atoms with Crippen LogP contribution in [0.2, 0.25) is 0 Å². The molecule has 0 heterocycles. The first-order valence-corrected chi connectivity index (χ1v) is 3.04. The molecule has 1 rings (SSSR count). The maximum Gasteiger partial charge on any atom is 1.00 e. The molecule has 0 fully saturated rings. The molecule has 0 amide bonds. The Balaban J connectivity index is 0. The van der Waals surface area contributed by atoms with Gasteiger partial charge in [-0.1, -0.05) is 18.2 Å². The van der Waals surface area contributed by atoms with E-state index in [2.05, 4.69) is 0 Å². The molecule has 12 heavy (non-hydrogen) atoms. The second kappa shape index (κ2) is 8.19. The summed E-state index contributed by atoms with van der Waals surface area (Å²) in [6, 6.07) is 8.71. The number of carbonyl (C=O) groups excluding carboxylic acids is 1. The maximum atomic E-state index is 8.89. The van der Waals surface area contributed by atoms with Crippen molar-refractivity contribution in [2.45, 2.75) is 6.92 Å². The van der Waals surface area contributed by atoms with Crippen molar-refractivity contribution in [3.05, 3.63) is 30.3 Å². The number of hydrogen-bond donors (Lipinski definition) is 1. The first kappa shape index (κ1) is 13.7. The Morgan fingerprint density at radius 1 is 1.33 bits per heavy atom. The van der Waals surface area contributed by atoms with Crippen LogP contribution in [0.25, 0.3) is 0 Å². The van der Waals surface area contributed by atoms with Gasteiger partial charge in [-0.15, -0.1) is 0 Å². The molecule has 0 aliphatic heterocycles. The number of aromatic hydroxyl groups is 1. The van der Waals surface area contributed by atoms with Crippen molar-refractivity contribution < 1.29 is 33.9 Å². The standard InChI is InChI=1S/C6H6O.C2H4O2.Li/c7-6-4-2-1-3-5-6;1-2(3)4;/h1-5,7H;1H3,(H,3,4);/q;;+1/p-1. The molecule has 1 aromatic rings. The van der Waals surface area contributed by atoms with E-state index in [0.717, 1.165) is 6.92 Å². The van der Waals surface area contributed by atoms with E-state index < -0.39 is 5.97 Å². The number of phenolic OH excluding ortho intramolecular Hbond substituents is 1. The number of rotatable bonds is 0. The molecule has 3 nitrogen and oxygen atoms in total. The summed E-state index contributed by atoms with van der Waals surface area (Å²) in [5.74, 6) is -0.762. The summed E-state index contributed by atoms with van der Waals surface area (Å²) in [5.41, 5.74) is 0. The van der Waals surface area contributed by atoms with Gasteiger partial charge in [0.2, 0.25) is 0 Å². The molecule has 60 valence electrons. The van der Waals surface area contributed by atoms with Crippen LogP contribution in [0, 0.1) is 0 Å². The predicted octanol–water partition coefficient (Wildman–Crippen LogP) is -2.85. The van der Waals surface area contributed by atoms with Crippen LogP contribution in [0.15, 0.2) is 30.3 Å². The van der Waals surface area contributed by atoms with Crippen LogP contribution >= 0.6 is 0 Å². The third kappa shape index (κ3) is 11.8. The van der Waals surface area contributed by atoms with Crippen LogP contribution in [-0.4, -0.2) is 11.1 Å². The zero-order valence-electron chi connectivity index (χ0n) is 7.15. The van der Waals surface area contributed by atoms with Gasteiger partial charge in [-0.05, 0) is 19.1 Å². The molecule has 4 heteroatoms. The molecule has 0 spiro atoms. The summed E-state index contributed by atoms with van der Waals surface area (Å²) < 4.78 is 0. The van der Waals surface area contributed by atoms with Crippen molar-refractivity contribution in [3.63, 3.8) is 0 Å². The van der Waals surface area contributed by atoms with E-state index in [1.807, 2.05) is 6.07 Å². The van der Waals surface area contributed by atoms with Crippen molar-refractivity contribution in [2.24, 2.45) is 0 Å². The van der Waals surface area contributed by atoms with Gasteiger partial charge in [0.15, 0.2) is 0 Å². The Morgan fingerprint density at radius 2 is 1.67 bits per heavy atom. The van der Waals surface area contributed by atoms with Gasteiger partial charge >= 0.3 is 18.9 Å². The van der Waals surface area contributed by atoms with E-state index in [4.69, 9.17) is 15.0 Å². The van der Waals surface area contributed by atoms with Gasteiger partial charge < -0.3 is 15.0 Å². The molecule has 0 saturated heterocycles.